The van der Waals surface area contributed by atoms with Crippen LogP contribution in [0.2, 0.25) is 0 Å². The zero-order valence-electron chi connectivity index (χ0n) is 12.8. The summed E-state index contributed by atoms with van der Waals surface area (Å²) in [5.41, 5.74) is 0.741. The van der Waals surface area contributed by atoms with Crippen molar-refractivity contribution in [3.05, 3.63) is 35.9 Å². The Morgan fingerprint density at radius 3 is 2.32 bits per heavy atom. The molecule has 2 saturated carbocycles. The molecule has 1 atom stereocenters. The first-order valence-corrected chi connectivity index (χ1v) is 8.30. The highest BCUT2D eigenvalue weighted by Crippen LogP contribution is 2.28. The van der Waals surface area contributed by atoms with Crippen molar-refractivity contribution in [2.45, 2.75) is 57.1 Å². The van der Waals surface area contributed by atoms with Crippen LogP contribution in [0.25, 0.3) is 0 Å². The van der Waals surface area contributed by atoms with Gasteiger partial charge in [-0.15, -0.1) is 0 Å². The van der Waals surface area contributed by atoms with Gasteiger partial charge in [-0.3, -0.25) is 9.59 Å². The molecule has 0 saturated heterocycles. The number of nitrogens with one attached hydrogen (secondary N) is 1. The monoisotopic (exact) mass is 301 g/mol. The van der Waals surface area contributed by atoms with Crippen LogP contribution in [0, 0.1) is 5.92 Å². The van der Waals surface area contributed by atoms with Crippen molar-refractivity contribution in [2.24, 2.45) is 5.92 Å². The molecule has 2 aliphatic carbocycles. The number of rotatable bonds is 5. The van der Waals surface area contributed by atoms with Crippen LogP contribution >= 0.6 is 0 Å². The van der Waals surface area contributed by atoms with Gasteiger partial charge in [-0.2, -0.15) is 0 Å². The summed E-state index contributed by atoms with van der Waals surface area (Å²) >= 11 is 0. The van der Waals surface area contributed by atoms with Crippen molar-refractivity contribution in [3.63, 3.8) is 0 Å². The molecule has 2 aliphatic rings. The number of esters is 1. The first-order valence-electron chi connectivity index (χ1n) is 8.30. The minimum absolute atomic E-state index is 0.0475. The fourth-order valence-corrected chi connectivity index (χ4v) is 2.96. The van der Waals surface area contributed by atoms with Gasteiger partial charge in [0, 0.05) is 11.6 Å². The van der Waals surface area contributed by atoms with E-state index >= 15 is 0 Å². The fraction of sp³-hybridized carbons (Fsp3) is 0.556. The van der Waals surface area contributed by atoms with Gasteiger partial charge in [-0.1, -0.05) is 49.6 Å². The molecule has 0 bridgehead atoms. The van der Waals surface area contributed by atoms with E-state index in [2.05, 4.69) is 5.32 Å². The highest BCUT2D eigenvalue weighted by atomic mass is 16.5. The highest BCUT2D eigenvalue weighted by Gasteiger charge is 2.32. The maximum absolute atomic E-state index is 12.4. The van der Waals surface area contributed by atoms with Gasteiger partial charge < -0.3 is 10.1 Å². The number of benzene rings is 1. The molecule has 1 amide bonds. The molecule has 4 nitrogen and oxygen atoms in total. The summed E-state index contributed by atoms with van der Waals surface area (Å²) in [5, 5.41) is 2.94. The van der Waals surface area contributed by atoms with Gasteiger partial charge >= 0.3 is 5.97 Å². The lowest BCUT2D eigenvalue weighted by Crippen LogP contribution is -2.35. The van der Waals surface area contributed by atoms with Crippen molar-refractivity contribution in [1.82, 2.24) is 5.32 Å². The van der Waals surface area contributed by atoms with Crippen LogP contribution in [0.3, 0.4) is 0 Å². The zero-order valence-corrected chi connectivity index (χ0v) is 12.8. The summed E-state index contributed by atoms with van der Waals surface area (Å²) in [6, 6.07) is 9.55. The third-order valence-electron chi connectivity index (χ3n) is 4.44. The Kier molecular flexibility index (Phi) is 4.76. The van der Waals surface area contributed by atoms with E-state index in [9.17, 15) is 9.59 Å². The smallest absolute Gasteiger partial charge is 0.310 e. The summed E-state index contributed by atoms with van der Waals surface area (Å²) in [6.07, 6.45) is 6.31. The normalized spacial score (nSPS) is 20.2. The standard InChI is InChI=1S/C18H23NO3/c20-17(19-15-11-12-15)16(13-7-3-1-4-8-13)22-18(21)14-9-5-2-6-10-14/h1,3-4,7-8,14-16H,2,5-6,9-12H2,(H,19,20). The number of carbonyl (C=O) groups is 2. The van der Waals surface area contributed by atoms with Crippen LogP contribution in [-0.4, -0.2) is 17.9 Å². The van der Waals surface area contributed by atoms with Crippen LogP contribution in [0.4, 0.5) is 0 Å². The molecule has 118 valence electrons. The maximum Gasteiger partial charge on any atom is 0.310 e. The first-order chi connectivity index (χ1) is 10.7. The number of hydrogen-bond donors (Lipinski definition) is 1. The quantitative estimate of drug-likeness (QED) is 0.850. The average Bonchev–Trinajstić information content (AvgIpc) is 3.38. The van der Waals surface area contributed by atoms with Crippen LogP contribution in [0.1, 0.15) is 56.6 Å². The molecule has 0 spiro atoms. The molecular formula is C18H23NO3. The Morgan fingerprint density at radius 2 is 1.68 bits per heavy atom. The highest BCUT2D eigenvalue weighted by molar-refractivity contribution is 5.85. The maximum atomic E-state index is 12.4. The van der Waals surface area contributed by atoms with Gasteiger partial charge in [0.2, 0.25) is 6.10 Å². The summed E-state index contributed by atoms with van der Waals surface area (Å²) < 4.78 is 5.62. The number of ether oxygens (including phenoxy) is 1. The Labute approximate surface area is 131 Å². The van der Waals surface area contributed by atoms with Gasteiger partial charge in [0.25, 0.3) is 5.91 Å². The summed E-state index contributed by atoms with van der Waals surface area (Å²) in [5.74, 6) is -0.467. The molecule has 3 rings (SSSR count). The lowest BCUT2D eigenvalue weighted by Gasteiger charge is -2.24. The molecule has 0 heterocycles. The second kappa shape index (κ2) is 6.95. The molecule has 1 aromatic carbocycles. The minimum atomic E-state index is -0.823. The molecule has 1 N–H and O–H groups in total. The second-order valence-electron chi connectivity index (χ2n) is 6.35. The molecule has 0 radical (unpaired) electrons. The van der Waals surface area contributed by atoms with E-state index in [0.717, 1.165) is 44.1 Å². The minimum Gasteiger partial charge on any atom is -0.447 e. The molecule has 0 aromatic heterocycles. The van der Waals surface area contributed by atoms with Crippen molar-refractivity contribution in [3.8, 4) is 0 Å². The van der Waals surface area contributed by atoms with Crippen molar-refractivity contribution >= 4 is 11.9 Å². The van der Waals surface area contributed by atoms with Crippen molar-refractivity contribution in [2.75, 3.05) is 0 Å². The van der Waals surface area contributed by atoms with E-state index in [1.807, 2.05) is 30.3 Å². The number of carbonyl (C=O) groups excluding carboxylic acids is 2. The van der Waals surface area contributed by atoms with Crippen molar-refractivity contribution < 1.29 is 14.3 Å². The Hall–Kier alpha value is -1.84. The van der Waals surface area contributed by atoms with Gasteiger partial charge in [-0.25, -0.2) is 0 Å². The fourth-order valence-electron chi connectivity index (χ4n) is 2.96. The first kappa shape index (κ1) is 15.1. The van der Waals surface area contributed by atoms with Gasteiger partial charge in [0.1, 0.15) is 0 Å². The van der Waals surface area contributed by atoms with E-state index in [0.29, 0.717) is 0 Å². The predicted octanol–water partition coefficient (Wildman–Crippen LogP) is 3.13. The van der Waals surface area contributed by atoms with Crippen LogP contribution in [0.5, 0.6) is 0 Å². The van der Waals surface area contributed by atoms with Crippen molar-refractivity contribution in [1.29, 1.82) is 0 Å². The molecule has 2 fully saturated rings. The van der Waals surface area contributed by atoms with E-state index in [4.69, 9.17) is 4.74 Å². The predicted molar refractivity (Wildman–Crippen MR) is 83.0 cm³/mol. The van der Waals surface area contributed by atoms with Gasteiger partial charge in [-0.05, 0) is 25.7 Å². The van der Waals surface area contributed by atoms with E-state index in [1.54, 1.807) is 0 Å². The topological polar surface area (TPSA) is 55.4 Å². The third kappa shape index (κ3) is 3.87. The summed E-state index contributed by atoms with van der Waals surface area (Å²) in [6.45, 7) is 0. The SMILES string of the molecule is O=C(OC(C(=O)NC1CC1)c1ccccc1)C1CCCCC1. The Morgan fingerprint density at radius 1 is 1.00 bits per heavy atom. The van der Waals surface area contributed by atoms with E-state index in [-0.39, 0.29) is 23.8 Å². The van der Waals surface area contributed by atoms with Gasteiger partial charge in [0.15, 0.2) is 0 Å². The molecule has 1 aromatic rings. The third-order valence-corrected chi connectivity index (χ3v) is 4.44. The summed E-state index contributed by atoms with van der Waals surface area (Å²) in [4.78, 5) is 24.8. The zero-order chi connectivity index (χ0) is 15.4. The lowest BCUT2D eigenvalue weighted by molar-refractivity contribution is -0.161. The van der Waals surface area contributed by atoms with Crippen LogP contribution < -0.4 is 5.32 Å². The Bertz CT molecular complexity index is 518. The largest absolute Gasteiger partial charge is 0.447 e. The number of amides is 1. The summed E-state index contributed by atoms with van der Waals surface area (Å²) in [7, 11) is 0. The second-order valence-corrected chi connectivity index (χ2v) is 6.35. The Balaban J connectivity index is 1.69. The van der Waals surface area contributed by atoms with Crippen LogP contribution in [-0.2, 0) is 14.3 Å². The molecular weight excluding hydrogens is 278 g/mol. The number of hydrogen-bond acceptors (Lipinski definition) is 3. The van der Waals surface area contributed by atoms with E-state index < -0.39 is 6.10 Å². The van der Waals surface area contributed by atoms with Crippen LogP contribution in [0.15, 0.2) is 30.3 Å². The van der Waals surface area contributed by atoms with Gasteiger partial charge in [0.05, 0.1) is 5.92 Å². The molecule has 1 unspecified atom stereocenters. The average molecular weight is 301 g/mol. The molecule has 0 aliphatic heterocycles. The molecule has 4 heteroatoms. The lowest BCUT2D eigenvalue weighted by atomic mass is 9.89. The van der Waals surface area contributed by atoms with E-state index in [1.165, 1.54) is 6.42 Å². The molecule has 22 heavy (non-hydrogen) atoms.